The lowest BCUT2D eigenvalue weighted by Gasteiger charge is -2.19. The summed E-state index contributed by atoms with van der Waals surface area (Å²) in [5.74, 6) is -0.385. The van der Waals surface area contributed by atoms with Crippen molar-refractivity contribution < 1.29 is 9.53 Å². The average molecular weight is 355 g/mol. The molecule has 1 aromatic carbocycles. The van der Waals surface area contributed by atoms with Crippen molar-refractivity contribution in [2.75, 3.05) is 0 Å². The standard InChI is InChI=1S/C14H14INO2/c1-14(2,3)18-13(17)11-8-7-9-5-4-6-10(15)12(9)16-11/h4-8H,1-3H3. The third-order valence-corrected chi connectivity index (χ3v) is 3.15. The quantitative estimate of drug-likeness (QED) is 0.577. The lowest BCUT2D eigenvalue weighted by molar-refractivity contribution is 0.00633. The maximum absolute atomic E-state index is 11.9. The van der Waals surface area contributed by atoms with Crippen LogP contribution in [0, 0.1) is 3.57 Å². The van der Waals surface area contributed by atoms with Crippen LogP contribution in [-0.4, -0.2) is 16.6 Å². The Labute approximate surface area is 120 Å². The Hall–Kier alpha value is -1.17. The largest absolute Gasteiger partial charge is 0.455 e. The van der Waals surface area contributed by atoms with E-state index in [1.165, 1.54) is 0 Å². The van der Waals surface area contributed by atoms with E-state index in [1.807, 2.05) is 45.0 Å². The molecule has 0 aliphatic heterocycles. The van der Waals surface area contributed by atoms with E-state index in [4.69, 9.17) is 4.74 Å². The summed E-state index contributed by atoms with van der Waals surface area (Å²) in [6.07, 6.45) is 0. The molecule has 0 aliphatic carbocycles. The summed E-state index contributed by atoms with van der Waals surface area (Å²) in [5, 5.41) is 1.02. The molecule has 0 spiro atoms. The lowest BCUT2D eigenvalue weighted by atomic mass is 10.2. The van der Waals surface area contributed by atoms with Crippen LogP contribution in [-0.2, 0) is 4.74 Å². The number of para-hydroxylation sites is 1. The van der Waals surface area contributed by atoms with E-state index in [-0.39, 0.29) is 5.97 Å². The molecule has 1 heterocycles. The summed E-state index contributed by atoms with van der Waals surface area (Å²) in [6.45, 7) is 5.53. The molecule has 18 heavy (non-hydrogen) atoms. The topological polar surface area (TPSA) is 39.2 Å². The van der Waals surface area contributed by atoms with Crippen LogP contribution in [0.4, 0.5) is 0 Å². The summed E-state index contributed by atoms with van der Waals surface area (Å²) in [6, 6.07) is 9.51. The molecule has 0 bridgehead atoms. The molecule has 2 aromatic rings. The number of halogens is 1. The maximum atomic E-state index is 11.9. The first-order valence-electron chi connectivity index (χ1n) is 5.65. The van der Waals surface area contributed by atoms with Gasteiger partial charge in [0.25, 0.3) is 0 Å². The molecule has 0 N–H and O–H groups in total. The molecule has 0 radical (unpaired) electrons. The van der Waals surface area contributed by atoms with E-state index >= 15 is 0 Å². The van der Waals surface area contributed by atoms with Crippen LogP contribution in [0.5, 0.6) is 0 Å². The predicted molar refractivity (Wildman–Crippen MR) is 79.6 cm³/mol. The molecule has 94 valence electrons. The number of hydrogen-bond donors (Lipinski definition) is 0. The fraction of sp³-hybridized carbons (Fsp3) is 0.286. The predicted octanol–water partition coefficient (Wildman–Crippen LogP) is 3.79. The molecule has 0 atom stereocenters. The minimum absolute atomic E-state index is 0.349. The minimum atomic E-state index is -0.502. The average Bonchev–Trinajstić information content (AvgIpc) is 2.27. The van der Waals surface area contributed by atoms with Crippen LogP contribution in [0.3, 0.4) is 0 Å². The molecule has 1 aromatic heterocycles. The van der Waals surface area contributed by atoms with E-state index in [9.17, 15) is 4.79 Å². The van der Waals surface area contributed by atoms with Crippen molar-refractivity contribution in [1.29, 1.82) is 0 Å². The van der Waals surface area contributed by atoms with Crippen molar-refractivity contribution in [3.05, 3.63) is 39.6 Å². The third-order valence-electron chi connectivity index (χ3n) is 2.28. The summed E-state index contributed by atoms with van der Waals surface area (Å²) in [7, 11) is 0. The van der Waals surface area contributed by atoms with Crippen LogP contribution in [0.2, 0.25) is 0 Å². The van der Waals surface area contributed by atoms with Gasteiger partial charge in [-0.1, -0.05) is 18.2 Å². The fourth-order valence-corrected chi connectivity index (χ4v) is 2.19. The van der Waals surface area contributed by atoms with Gasteiger partial charge < -0.3 is 4.74 Å². The zero-order valence-electron chi connectivity index (χ0n) is 10.5. The highest BCUT2D eigenvalue weighted by atomic mass is 127. The van der Waals surface area contributed by atoms with Gasteiger partial charge in [-0.2, -0.15) is 0 Å². The maximum Gasteiger partial charge on any atom is 0.357 e. The summed E-state index contributed by atoms with van der Waals surface area (Å²) < 4.78 is 6.33. The second-order valence-electron chi connectivity index (χ2n) is 5.01. The van der Waals surface area contributed by atoms with Crippen LogP contribution < -0.4 is 0 Å². The van der Waals surface area contributed by atoms with Gasteiger partial charge in [0.15, 0.2) is 0 Å². The molecule has 0 aliphatic rings. The molecule has 2 rings (SSSR count). The van der Waals surface area contributed by atoms with Crippen LogP contribution in [0.25, 0.3) is 10.9 Å². The van der Waals surface area contributed by atoms with Gasteiger partial charge in [0.05, 0.1) is 5.52 Å². The monoisotopic (exact) mass is 355 g/mol. The fourth-order valence-electron chi connectivity index (χ4n) is 1.55. The van der Waals surface area contributed by atoms with Gasteiger partial charge in [0.2, 0.25) is 0 Å². The normalized spacial score (nSPS) is 11.6. The summed E-state index contributed by atoms with van der Waals surface area (Å²) in [4.78, 5) is 16.3. The van der Waals surface area contributed by atoms with Crippen LogP contribution in [0.15, 0.2) is 30.3 Å². The highest BCUT2D eigenvalue weighted by molar-refractivity contribution is 14.1. The number of aromatic nitrogens is 1. The van der Waals surface area contributed by atoms with Gasteiger partial charge in [0, 0.05) is 8.96 Å². The Balaban J connectivity index is 2.41. The van der Waals surface area contributed by atoms with E-state index in [1.54, 1.807) is 6.07 Å². The smallest absolute Gasteiger partial charge is 0.357 e. The number of pyridine rings is 1. The minimum Gasteiger partial charge on any atom is -0.455 e. The number of fused-ring (bicyclic) bond motifs is 1. The van der Waals surface area contributed by atoms with Gasteiger partial charge in [-0.15, -0.1) is 0 Å². The van der Waals surface area contributed by atoms with E-state index in [0.29, 0.717) is 5.69 Å². The Morgan fingerprint density at radius 2 is 1.94 bits per heavy atom. The number of esters is 1. The van der Waals surface area contributed by atoms with Gasteiger partial charge >= 0.3 is 5.97 Å². The molecular weight excluding hydrogens is 341 g/mol. The molecular formula is C14H14INO2. The Morgan fingerprint density at radius 3 is 2.61 bits per heavy atom. The summed E-state index contributed by atoms with van der Waals surface area (Å²) >= 11 is 2.21. The lowest BCUT2D eigenvalue weighted by Crippen LogP contribution is -2.24. The van der Waals surface area contributed by atoms with E-state index in [2.05, 4.69) is 27.6 Å². The summed E-state index contributed by atoms with van der Waals surface area (Å²) in [5.41, 5.74) is 0.681. The molecule has 0 unspecified atom stereocenters. The van der Waals surface area contributed by atoms with Crippen molar-refractivity contribution in [2.24, 2.45) is 0 Å². The van der Waals surface area contributed by atoms with Crippen molar-refractivity contribution in [2.45, 2.75) is 26.4 Å². The molecule has 0 saturated carbocycles. The SMILES string of the molecule is CC(C)(C)OC(=O)c1ccc2cccc(I)c2n1. The first-order chi connectivity index (χ1) is 8.37. The van der Waals surface area contributed by atoms with Gasteiger partial charge in [0.1, 0.15) is 11.3 Å². The van der Waals surface area contributed by atoms with Crippen molar-refractivity contribution in [3.8, 4) is 0 Å². The van der Waals surface area contributed by atoms with Crippen LogP contribution in [0.1, 0.15) is 31.3 Å². The highest BCUT2D eigenvalue weighted by Crippen LogP contribution is 2.20. The second kappa shape index (κ2) is 4.84. The van der Waals surface area contributed by atoms with Crippen LogP contribution >= 0.6 is 22.6 Å². The Bertz CT molecular complexity index is 602. The zero-order chi connectivity index (χ0) is 13.3. The Morgan fingerprint density at radius 1 is 1.22 bits per heavy atom. The van der Waals surface area contributed by atoms with Crippen molar-refractivity contribution >= 4 is 39.5 Å². The third kappa shape index (κ3) is 2.98. The molecule has 4 heteroatoms. The molecule has 3 nitrogen and oxygen atoms in total. The van der Waals surface area contributed by atoms with Gasteiger partial charge in [-0.05, 0) is 55.5 Å². The molecule has 0 saturated heterocycles. The zero-order valence-corrected chi connectivity index (χ0v) is 12.7. The van der Waals surface area contributed by atoms with E-state index in [0.717, 1.165) is 14.5 Å². The number of ether oxygens (including phenoxy) is 1. The number of carbonyl (C=O) groups excluding carboxylic acids is 1. The Kier molecular flexibility index (Phi) is 3.56. The van der Waals surface area contributed by atoms with E-state index < -0.39 is 5.60 Å². The van der Waals surface area contributed by atoms with Gasteiger partial charge in [-0.25, -0.2) is 9.78 Å². The van der Waals surface area contributed by atoms with Crippen molar-refractivity contribution in [1.82, 2.24) is 4.98 Å². The first kappa shape index (κ1) is 13.3. The van der Waals surface area contributed by atoms with Gasteiger partial charge in [-0.3, -0.25) is 0 Å². The number of benzene rings is 1. The second-order valence-corrected chi connectivity index (χ2v) is 6.17. The number of rotatable bonds is 1. The number of nitrogens with zero attached hydrogens (tertiary/aromatic N) is 1. The highest BCUT2D eigenvalue weighted by Gasteiger charge is 2.19. The number of hydrogen-bond acceptors (Lipinski definition) is 3. The van der Waals surface area contributed by atoms with Crippen molar-refractivity contribution in [3.63, 3.8) is 0 Å². The molecule has 0 fully saturated rings. The molecule has 0 amide bonds. The number of carbonyl (C=O) groups is 1. The first-order valence-corrected chi connectivity index (χ1v) is 6.73.